The summed E-state index contributed by atoms with van der Waals surface area (Å²) in [6.45, 7) is 1.63. The number of aromatic nitrogens is 1. The van der Waals surface area contributed by atoms with Gasteiger partial charge >= 0.3 is 6.18 Å². The summed E-state index contributed by atoms with van der Waals surface area (Å²) in [7, 11) is 0. The second-order valence-corrected chi connectivity index (χ2v) is 3.88. The van der Waals surface area contributed by atoms with Crippen molar-refractivity contribution in [1.29, 1.82) is 0 Å². The van der Waals surface area contributed by atoms with Gasteiger partial charge in [0.05, 0.1) is 17.0 Å². The van der Waals surface area contributed by atoms with Gasteiger partial charge in [-0.3, -0.25) is 0 Å². The van der Waals surface area contributed by atoms with Gasteiger partial charge in [0, 0.05) is 5.56 Å². The van der Waals surface area contributed by atoms with E-state index in [1.165, 1.54) is 18.2 Å². The van der Waals surface area contributed by atoms with E-state index in [2.05, 4.69) is 4.98 Å². The third-order valence-electron chi connectivity index (χ3n) is 2.57. The average Bonchev–Trinajstić information content (AvgIpc) is 2.32. The van der Waals surface area contributed by atoms with Crippen molar-refractivity contribution >= 4 is 0 Å². The van der Waals surface area contributed by atoms with Crippen LogP contribution >= 0.6 is 0 Å². The molecule has 0 bridgehead atoms. The lowest BCUT2D eigenvalue weighted by Crippen LogP contribution is -2.04. The predicted molar refractivity (Wildman–Crippen MR) is 61.1 cm³/mol. The van der Waals surface area contributed by atoms with Crippen LogP contribution in [0.25, 0.3) is 11.3 Å². The number of pyridine rings is 1. The summed E-state index contributed by atoms with van der Waals surface area (Å²) in [6, 6.07) is 7.78. The Kier molecular flexibility index (Phi) is 2.98. The number of rotatable bonds is 1. The molecular formula is C13H10F3NO. The molecular weight excluding hydrogens is 243 g/mol. The highest BCUT2D eigenvalue weighted by Crippen LogP contribution is 2.31. The van der Waals surface area contributed by atoms with Crippen molar-refractivity contribution < 1.29 is 18.3 Å². The Hall–Kier alpha value is -2.04. The molecule has 0 aliphatic carbocycles. The summed E-state index contributed by atoms with van der Waals surface area (Å²) < 4.78 is 37.2. The van der Waals surface area contributed by atoms with Crippen molar-refractivity contribution in [1.82, 2.24) is 4.98 Å². The van der Waals surface area contributed by atoms with Gasteiger partial charge < -0.3 is 5.11 Å². The molecule has 1 aromatic heterocycles. The van der Waals surface area contributed by atoms with Crippen LogP contribution in [0, 0.1) is 6.92 Å². The summed E-state index contributed by atoms with van der Waals surface area (Å²) in [4.78, 5) is 4.10. The number of hydrogen-bond donors (Lipinski definition) is 1. The zero-order valence-electron chi connectivity index (χ0n) is 9.49. The van der Waals surface area contributed by atoms with Gasteiger partial charge in [-0.2, -0.15) is 13.2 Å². The summed E-state index contributed by atoms with van der Waals surface area (Å²) in [5.41, 5.74) is 0.847. The van der Waals surface area contributed by atoms with Gasteiger partial charge in [0.1, 0.15) is 5.75 Å². The van der Waals surface area contributed by atoms with Crippen LogP contribution in [0.2, 0.25) is 0 Å². The molecule has 1 heterocycles. The van der Waals surface area contributed by atoms with Gasteiger partial charge in [-0.1, -0.05) is 12.1 Å². The van der Waals surface area contributed by atoms with Gasteiger partial charge in [-0.05, 0) is 31.2 Å². The number of alkyl halides is 3. The molecule has 94 valence electrons. The highest BCUT2D eigenvalue weighted by molar-refractivity contribution is 5.60. The molecule has 2 aromatic rings. The maximum Gasteiger partial charge on any atom is 0.416 e. The minimum Gasteiger partial charge on any atom is -0.506 e. The smallest absolute Gasteiger partial charge is 0.416 e. The van der Waals surface area contributed by atoms with Crippen LogP contribution in [-0.2, 0) is 6.18 Å². The lowest BCUT2D eigenvalue weighted by Gasteiger charge is -2.08. The van der Waals surface area contributed by atoms with E-state index in [0.717, 1.165) is 12.1 Å². The number of benzene rings is 1. The summed E-state index contributed by atoms with van der Waals surface area (Å²) in [6.07, 6.45) is -4.34. The van der Waals surface area contributed by atoms with Crippen LogP contribution in [-0.4, -0.2) is 10.1 Å². The van der Waals surface area contributed by atoms with Crippen LogP contribution < -0.4 is 0 Å². The third kappa shape index (κ3) is 2.45. The van der Waals surface area contributed by atoms with Crippen molar-refractivity contribution in [3.8, 4) is 17.0 Å². The molecule has 2 rings (SSSR count). The lowest BCUT2D eigenvalue weighted by atomic mass is 10.1. The maximum absolute atomic E-state index is 12.4. The molecule has 0 spiro atoms. The van der Waals surface area contributed by atoms with Crippen molar-refractivity contribution in [3.63, 3.8) is 0 Å². The summed E-state index contributed by atoms with van der Waals surface area (Å²) >= 11 is 0. The third-order valence-corrected chi connectivity index (χ3v) is 2.57. The number of aryl methyl sites for hydroxylation is 1. The van der Waals surface area contributed by atoms with Crippen molar-refractivity contribution in [3.05, 3.63) is 47.7 Å². The highest BCUT2D eigenvalue weighted by atomic mass is 19.4. The van der Waals surface area contributed by atoms with Crippen molar-refractivity contribution in [2.45, 2.75) is 13.1 Å². The molecule has 0 aliphatic rings. The molecule has 1 aromatic carbocycles. The molecule has 2 nitrogen and oxygen atoms in total. The molecule has 5 heteroatoms. The first-order valence-electron chi connectivity index (χ1n) is 5.22. The molecule has 0 aliphatic heterocycles. The minimum absolute atomic E-state index is 0.0608. The fraction of sp³-hybridized carbons (Fsp3) is 0.154. The normalized spacial score (nSPS) is 11.6. The molecule has 0 atom stereocenters. The predicted octanol–water partition coefficient (Wildman–Crippen LogP) is 3.78. The fourth-order valence-corrected chi connectivity index (χ4v) is 1.54. The first kappa shape index (κ1) is 12.4. The van der Waals surface area contributed by atoms with Gasteiger partial charge in [0.2, 0.25) is 0 Å². The van der Waals surface area contributed by atoms with Gasteiger partial charge in [-0.15, -0.1) is 0 Å². The minimum atomic E-state index is -4.34. The Morgan fingerprint density at radius 2 is 1.61 bits per heavy atom. The maximum atomic E-state index is 12.4. The highest BCUT2D eigenvalue weighted by Gasteiger charge is 2.29. The van der Waals surface area contributed by atoms with E-state index in [-0.39, 0.29) is 5.75 Å². The second-order valence-electron chi connectivity index (χ2n) is 3.88. The monoisotopic (exact) mass is 253 g/mol. The molecule has 0 saturated carbocycles. The molecule has 0 unspecified atom stereocenters. The fourth-order valence-electron chi connectivity index (χ4n) is 1.54. The quantitative estimate of drug-likeness (QED) is 0.838. The van der Waals surface area contributed by atoms with Gasteiger partial charge in [0.25, 0.3) is 0 Å². The zero-order valence-corrected chi connectivity index (χ0v) is 9.49. The van der Waals surface area contributed by atoms with E-state index < -0.39 is 11.7 Å². The van der Waals surface area contributed by atoms with E-state index >= 15 is 0 Å². The Morgan fingerprint density at radius 3 is 2.11 bits per heavy atom. The standard InChI is InChI=1S/C13H10F3NO/c1-8-12(18)7-6-11(17-8)9-2-4-10(5-3-9)13(14,15)16/h2-7,18H,1H3. The molecule has 18 heavy (non-hydrogen) atoms. The first-order valence-corrected chi connectivity index (χ1v) is 5.22. The number of hydrogen-bond acceptors (Lipinski definition) is 2. The summed E-state index contributed by atoms with van der Waals surface area (Å²) in [5, 5.41) is 9.33. The Balaban J connectivity index is 2.37. The molecule has 1 N–H and O–H groups in total. The lowest BCUT2D eigenvalue weighted by molar-refractivity contribution is -0.137. The van der Waals surface area contributed by atoms with E-state index in [1.54, 1.807) is 13.0 Å². The average molecular weight is 253 g/mol. The van der Waals surface area contributed by atoms with Gasteiger partial charge in [0.15, 0.2) is 0 Å². The van der Waals surface area contributed by atoms with E-state index in [4.69, 9.17) is 0 Å². The van der Waals surface area contributed by atoms with Crippen LogP contribution in [0.3, 0.4) is 0 Å². The van der Waals surface area contributed by atoms with Crippen LogP contribution in [0.5, 0.6) is 5.75 Å². The van der Waals surface area contributed by atoms with Crippen LogP contribution in [0.1, 0.15) is 11.3 Å². The number of halogens is 3. The van der Waals surface area contributed by atoms with E-state index in [1.807, 2.05) is 0 Å². The molecule has 0 radical (unpaired) electrons. The summed E-state index contributed by atoms with van der Waals surface area (Å²) in [5.74, 6) is 0.0608. The molecule has 0 amide bonds. The van der Waals surface area contributed by atoms with E-state index in [0.29, 0.717) is 17.0 Å². The first-order chi connectivity index (χ1) is 8.38. The van der Waals surface area contributed by atoms with Gasteiger partial charge in [-0.25, -0.2) is 4.98 Å². The SMILES string of the molecule is Cc1nc(-c2ccc(C(F)(F)F)cc2)ccc1O. The zero-order chi connectivity index (χ0) is 13.3. The van der Waals surface area contributed by atoms with Crippen LogP contribution in [0.4, 0.5) is 13.2 Å². The molecule has 0 saturated heterocycles. The van der Waals surface area contributed by atoms with Crippen LogP contribution in [0.15, 0.2) is 36.4 Å². The topological polar surface area (TPSA) is 33.1 Å². The van der Waals surface area contributed by atoms with Crippen molar-refractivity contribution in [2.75, 3.05) is 0 Å². The Bertz CT molecular complexity index is 561. The van der Waals surface area contributed by atoms with Crippen molar-refractivity contribution in [2.24, 2.45) is 0 Å². The van der Waals surface area contributed by atoms with E-state index in [9.17, 15) is 18.3 Å². The largest absolute Gasteiger partial charge is 0.506 e. The molecule has 0 fully saturated rings. The second kappa shape index (κ2) is 4.33. The number of nitrogens with zero attached hydrogens (tertiary/aromatic N) is 1. The number of aromatic hydroxyl groups is 1. The Labute approximate surface area is 102 Å². The Morgan fingerprint density at radius 1 is 1.00 bits per heavy atom.